The first-order chi connectivity index (χ1) is 9.61. The number of para-hydroxylation sites is 1. The number of amides is 1. The Kier molecular flexibility index (Phi) is 4.76. The average Bonchev–Trinajstić information content (AvgIpc) is 2.41. The molecule has 2 rings (SSSR count). The molecule has 0 bridgehead atoms. The van der Waals surface area contributed by atoms with E-state index in [0.29, 0.717) is 28.0 Å². The van der Waals surface area contributed by atoms with Crippen molar-refractivity contribution in [1.29, 1.82) is 0 Å². The van der Waals surface area contributed by atoms with Crippen LogP contribution in [0.5, 0.6) is 11.5 Å². The van der Waals surface area contributed by atoms with E-state index in [4.69, 9.17) is 15.6 Å². The highest BCUT2D eigenvalue weighted by Gasteiger charge is 2.09. The SMILES string of the molecule is NC(=O)c1ccc(Oc2ccccc2CCO)cc1Br. The number of ether oxygens (including phenoxy) is 1. The monoisotopic (exact) mass is 335 g/mol. The van der Waals surface area contributed by atoms with Gasteiger partial charge in [0.25, 0.3) is 0 Å². The summed E-state index contributed by atoms with van der Waals surface area (Å²) in [5.74, 6) is 0.775. The largest absolute Gasteiger partial charge is 0.457 e. The van der Waals surface area contributed by atoms with Gasteiger partial charge in [0.05, 0.1) is 5.56 Å². The van der Waals surface area contributed by atoms with Crippen molar-refractivity contribution in [2.24, 2.45) is 5.73 Å². The lowest BCUT2D eigenvalue weighted by Crippen LogP contribution is -2.11. The molecule has 2 aromatic rings. The van der Waals surface area contributed by atoms with Crippen molar-refractivity contribution in [2.45, 2.75) is 6.42 Å². The zero-order chi connectivity index (χ0) is 14.5. The molecule has 3 N–H and O–H groups in total. The summed E-state index contributed by atoms with van der Waals surface area (Å²) in [5, 5.41) is 9.04. The fourth-order valence-corrected chi connectivity index (χ4v) is 2.37. The van der Waals surface area contributed by atoms with Gasteiger partial charge in [0.2, 0.25) is 5.91 Å². The minimum absolute atomic E-state index is 0.0602. The number of aliphatic hydroxyl groups excluding tert-OH is 1. The number of nitrogens with two attached hydrogens (primary N) is 1. The summed E-state index contributed by atoms with van der Waals surface area (Å²) in [6.45, 7) is 0.0602. The van der Waals surface area contributed by atoms with Crippen molar-refractivity contribution < 1.29 is 14.6 Å². The van der Waals surface area contributed by atoms with E-state index in [-0.39, 0.29) is 6.61 Å². The molecular weight excluding hydrogens is 322 g/mol. The van der Waals surface area contributed by atoms with Gasteiger partial charge in [0, 0.05) is 11.1 Å². The van der Waals surface area contributed by atoms with Gasteiger partial charge in [-0.3, -0.25) is 4.79 Å². The fraction of sp³-hybridized carbons (Fsp3) is 0.133. The summed E-state index contributed by atoms with van der Waals surface area (Å²) < 4.78 is 6.37. The zero-order valence-corrected chi connectivity index (χ0v) is 12.3. The van der Waals surface area contributed by atoms with Gasteiger partial charge in [-0.05, 0) is 52.2 Å². The smallest absolute Gasteiger partial charge is 0.249 e. The van der Waals surface area contributed by atoms with Gasteiger partial charge in [0.1, 0.15) is 11.5 Å². The Bertz CT molecular complexity index is 628. The molecule has 0 aliphatic rings. The van der Waals surface area contributed by atoms with Crippen LogP contribution in [0, 0.1) is 0 Å². The summed E-state index contributed by atoms with van der Waals surface area (Å²) in [5.41, 5.74) is 6.57. The molecule has 0 radical (unpaired) electrons. The lowest BCUT2D eigenvalue weighted by atomic mass is 10.1. The molecule has 5 heteroatoms. The average molecular weight is 336 g/mol. The van der Waals surface area contributed by atoms with Crippen LogP contribution in [-0.4, -0.2) is 17.6 Å². The molecule has 0 spiro atoms. The van der Waals surface area contributed by atoms with E-state index < -0.39 is 5.91 Å². The Hall–Kier alpha value is -1.85. The van der Waals surface area contributed by atoms with E-state index in [2.05, 4.69) is 15.9 Å². The van der Waals surface area contributed by atoms with Crippen LogP contribution in [0.2, 0.25) is 0 Å². The third-order valence-electron chi connectivity index (χ3n) is 2.79. The van der Waals surface area contributed by atoms with E-state index in [9.17, 15) is 4.79 Å². The van der Waals surface area contributed by atoms with Crippen LogP contribution in [-0.2, 0) is 6.42 Å². The van der Waals surface area contributed by atoms with Gasteiger partial charge in [0.15, 0.2) is 0 Å². The Morgan fingerprint density at radius 1 is 1.25 bits per heavy atom. The molecule has 0 atom stereocenters. The van der Waals surface area contributed by atoms with Crippen LogP contribution in [0.3, 0.4) is 0 Å². The maximum Gasteiger partial charge on any atom is 0.249 e. The highest BCUT2D eigenvalue weighted by Crippen LogP contribution is 2.29. The maximum atomic E-state index is 11.2. The van der Waals surface area contributed by atoms with Gasteiger partial charge >= 0.3 is 0 Å². The van der Waals surface area contributed by atoms with Gasteiger partial charge in [-0.25, -0.2) is 0 Å². The molecule has 20 heavy (non-hydrogen) atoms. The van der Waals surface area contributed by atoms with Crippen LogP contribution < -0.4 is 10.5 Å². The Morgan fingerprint density at radius 2 is 2.00 bits per heavy atom. The van der Waals surface area contributed by atoms with E-state index in [0.717, 1.165) is 5.56 Å². The number of benzene rings is 2. The number of halogens is 1. The van der Waals surface area contributed by atoms with E-state index in [1.165, 1.54) is 0 Å². The summed E-state index contributed by atoms with van der Waals surface area (Å²) in [4.78, 5) is 11.2. The van der Waals surface area contributed by atoms with Gasteiger partial charge < -0.3 is 15.6 Å². The van der Waals surface area contributed by atoms with Crippen LogP contribution in [0.4, 0.5) is 0 Å². The highest BCUT2D eigenvalue weighted by atomic mass is 79.9. The fourth-order valence-electron chi connectivity index (χ4n) is 1.82. The standard InChI is InChI=1S/C15H14BrNO3/c16-13-9-11(5-6-12(13)15(17)19)20-14-4-2-1-3-10(14)7-8-18/h1-6,9,18H,7-8H2,(H2,17,19). The Morgan fingerprint density at radius 3 is 2.65 bits per heavy atom. The van der Waals surface area contributed by atoms with Gasteiger partial charge in [-0.1, -0.05) is 18.2 Å². The second-order valence-corrected chi connectivity index (χ2v) is 5.04. The molecule has 0 aromatic heterocycles. The van der Waals surface area contributed by atoms with Crippen molar-refractivity contribution in [1.82, 2.24) is 0 Å². The molecule has 0 fully saturated rings. The van der Waals surface area contributed by atoms with Crippen molar-refractivity contribution >= 4 is 21.8 Å². The van der Waals surface area contributed by atoms with Crippen molar-refractivity contribution in [2.75, 3.05) is 6.61 Å². The summed E-state index contributed by atoms with van der Waals surface area (Å²) in [6, 6.07) is 12.5. The molecule has 0 aliphatic heterocycles. The number of aliphatic hydroxyl groups is 1. The molecule has 0 aliphatic carbocycles. The minimum atomic E-state index is -0.496. The number of primary amides is 1. The number of hydrogen-bond acceptors (Lipinski definition) is 3. The van der Waals surface area contributed by atoms with Crippen LogP contribution in [0.1, 0.15) is 15.9 Å². The van der Waals surface area contributed by atoms with Crippen LogP contribution >= 0.6 is 15.9 Å². The first kappa shape index (κ1) is 14.6. The van der Waals surface area contributed by atoms with Crippen molar-refractivity contribution in [3.63, 3.8) is 0 Å². The van der Waals surface area contributed by atoms with Crippen molar-refractivity contribution in [3.8, 4) is 11.5 Å². The van der Waals surface area contributed by atoms with Crippen LogP contribution in [0.25, 0.3) is 0 Å². The zero-order valence-electron chi connectivity index (χ0n) is 10.7. The molecule has 2 aromatic carbocycles. The molecule has 104 valence electrons. The summed E-state index contributed by atoms with van der Waals surface area (Å²) in [6.07, 6.45) is 0.525. The molecule has 4 nitrogen and oxygen atoms in total. The topological polar surface area (TPSA) is 72.6 Å². The third-order valence-corrected chi connectivity index (χ3v) is 3.44. The van der Waals surface area contributed by atoms with Gasteiger partial charge in [-0.2, -0.15) is 0 Å². The van der Waals surface area contributed by atoms with E-state index in [1.807, 2.05) is 24.3 Å². The summed E-state index contributed by atoms with van der Waals surface area (Å²) in [7, 11) is 0. The number of carbonyl (C=O) groups excluding carboxylic acids is 1. The molecular formula is C15H14BrNO3. The molecule has 0 heterocycles. The minimum Gasteiger partial charge on any atom is -0.457 e. The molecule has 0 unspecified atom stereocenters. The lowest BCUT2D eigenvalue weighted by molar-refractivity contribution is 0.0999. The Balaban J connectivity index is 2.26. The normalized spacial score (nSPS) is 10.3. The van der Waals surface area contributed by atoms with Crippen molar-refractivity contribution in [3.05, 3.63) is 58.1 Å². The van der Waals surface area contributed by atoms with E-state index in [1.54, 1.807) is 18.2 Å². The molecule has 0 saturated heterocycles. The third kappa shape index (κ3) is 3.37. The predicted octanol–water partition coefficient (Wildman–Crippen LogP) is 2.88. The lowest BCUT2D eigenvalue weighted by Gasteiger charge is -2.11. The predicted molar refractivity (Wildman–Crippen MR) is 80.0 cm³/mol. The number of carbonyl (C=O) groups is 1. The summed E-state index contributed by atoms with van der Waals surface area (Å²) >= 11 is 3.29. The first-order valence-electron chi connectivity index (χ1n) is 6.08. The molecule has 0 saturated carbocycles. The highest BCUT2D eigenvalue weighted by molar-refractivity contribution is 9.10. The second kappa shape index (κ2) is 6.54. The quantitative estimate of drug-likeness (QED) is 0.882. The van der Waals surface area contributed by atoms with Gasteiger partial charge in [-0.15, -0.1) is 0 Å². The van der Waals surface area contributed by atoms with E-state index >= 15 is 0 Å². The number of rotatable bonds is 5. The maximum absolute atomic E-state index is 11.2. The Labute approximate surface area is 125 Å². The first-order valence-corrected chi connectivity index (χ1v) is 6.87. The molecule has 1 amide bonds. The second-order valence-electron chi connectivity index (χ2n) is 4.19. The number of hydrogen-bond donors (Lipinski definition) is 2. The van der Waals surface area contributed by atoms with Crippen LogP contribution in [0.15, 0.2) is 46.9 Å².